The van der Waals surface area contributed by atoms with Gasteiger partial charge >= 0.3 is 6.36 Å². The average Bonchev–Trinajstić information content (AvgIpc) is 2.08. The first-order valence-corrected chi connectivity index (χ1v) is 4.26. The molecular weight excluding hydrogens is 238 g/mol. The third kappa shape index (κ3) is 3.16. The highest BCUT2D eigenvalue weighted by atomic mass is 35.5. The summed E-state index contributed by atoms with van der Waals surface area (Å²) in [5, 5.41) is 0. The van der Waals surface area contributed by atoms with Gasteiger partial charge in [0.05, 0.1) is 0 Å². The Bertz CT molecular complexity index is 366. The first-order valence-electron chi connectivity index (χ1n) is 3.73. The van der Waals surface area contributed by atoms with E-state index in [1.807, 2.05) is 0 Å². The highest BCUT2D eigenvalue weighted by Gasteiger charge is 2.32. The molecule has 84 valence electrons. The fraction of sp³-hybridized carbons (Fsp3) is 0.250. The first-order chi connectivity index (χ1) is 6.83. The van der Waals surface area contributed by atoms with Crippen molar-refractivity contribution < 1.29 is 22.3 Å². The van der Waals surface area contributed by atoms with Crippen LogP contribution in [-0.2, 0) is 5.88 Å². The normalized spacial score (nSPS) is 11.5. The molecule has 1 aromatic rings. The van der Waals surface area contributed by atoms with Crippen molar-refractivity contribution in [3.8, 4) is 5.75 Å². The summed E-state index contributed by atoms with van der Waals surface area (Å²) >= 11 is 5.38. The van der Waals surface area contributed by atoms with Gasteiger partial charge < -0.3 is 10.5 Å². The standard InChI is InChI=1S/C8H6ClF4NO/c9-3-4-1-5(10)7(2-6(4)14)15-8(11,12)13/h1-2H,3,14H2. The lowest BCUT2D eigenvalue weighted by Gasteiger charge is -2.11. The first kappa shape index (κ1) is 11.9. The lowest BCUT2D eigenvalue weighted by Crippen LogP contribution is -2.18. The molecule has 0 aromatic heterocycles. The molecule has 0 heterocycles. The van der Waals surface area contributed by atoms with Crippen LogP contribution < -0.4 is 10.5 Å². The summed E-state index contributed by atoms with van der Waals surface area (Å²) in [6, 6.07) is 1.56. The third-order valence-corrected chi connectivity index (χ3v) is 1.85. The molecule has 1 rings (SSSR count). The van der Waals surface area contributed by atoms with E-state index in [2.05, 4.69) is 4.74 Å². The molecule has 0 aliphatic carbocycles. The smallest absolute Gasteiger partial charge is 0.403 e. The second kappa shape index (κ2) is 4.14. The lowest BCUT2D eigenvalue weighted by molar-refractivity contribution is -0.275. The second-order valence-corrected chi connectivity index (χ2v) is 2.93. The molecule has 0 saturated carbocycles. The third-order valence-electron chi connectivity index (χ3n) is 1.56. The number of ether oxygens (including phenoxy) is 1. The lowest BCUT2D eigenvalue weighted by atomic mass is 10.2. The molecule has 0 unspecified atom stereocenters. The minimum Gasteiger partial charge on any atom is -0.403 e. The minimum absolute atomic E-state index is 0.0503. The van der Waals surface area contributed by atoms with Crippen molar-refractivity contribution in [1.82, 2.24) is 0 Å². The zero-order valence-electron chi connectivity index (χ0n) is 7.24. The number of hydrogen-bond donors (Lipinski definition) is 1. The molecule has 0 bridgehead atoms. The average molecular weight is 244 g/mol. The molecule has 0 radical (unpaired) electrons. The van der Waals surface area contributed by atoms with Crippen LogP contribution in [0.25, 0.3) is 0 Å². The number of alkyl halides is 4. The van der Waals surface area contributed by atoms with E-state index in [1.165, 1.54) is 0 Å². The summed E-state index contributed by atoms with van der Waals surface area (Å²) in [5.74, 6) is -2.21. The van der Waals surface area contributed by atoms with Gasteiger partial charge in [-0.1, -0.05) is 0 Å². The van der Waals surface area contributed by atoms with E-state index in [0.717, 1.165) is 12.1 Å². The van der Waals surface area contributed by atoms with Gasteiger partial charge in [-0.3, -0.25) is 0 Å². The van der Waals surface area contributed by atoms with Crippen LogP contribution in [0.1, 0.15) is 5.56 Å². The van der Waals surface area contributed by atoms with E-state index >= 15 is 0 Å². The van der Waals surface area contributed by atoms with Gasteiger partial charge in [-0.25, -0.2) is 4.39 Å². The van der Waals surface area contributed by atoms with Crippen LogP contribution in [0, 0.1) is 5.82 Å². The van der Waals surface area contributed by atoms with Gasteiger partial charge in [0, 0.05) is 17.6 Å². The predicted octanol–water partition coefficient (Wildman–Crippen LogP) is 3.05. The topological polar surface area (TPSA) is 35.2 Å². The number of nitrogen functional groups attached to an aromatic ring is 1. The van der Waals surface area contributed by atoms with Crippen molar-refractivity contribution in [3.63, 3.8) is 0 Å². The Labute approximate surface area is 87.6 Å². The summed E-state index contributed by atoms with van der Waals surface area (Å²) < 4.78 is 51.8. The van der Waals surface area contributed by atoms with Crippen molar-refractivity contribution in [3.05, 3.63) is 23.5 Å². The van der Waals surface area contributed by atoms with Gasteiger partial charge in [0.25, 0.3) is 0 Å². The van der Waals surface area contributed by atoms with Crippen molar-refractivity contribution in [1.29, 1.82) is 0 Å². The number of benzene rings is 1. The Morgan fingerprint density at radius 2 is 1.93 bits per heavy atom. The van der Waals surface area contributed by atoms with Crippen LogP contribution in [0.15, 0.2) is 12.1 Å². The highest BCUT2D eigenvalue weighted by Crippen LogP contribution is 2.29. The minimum atomic E-state index is -4.95. The maximum absolute atomic E-state index is 13.0. The number of halogens is 5. The zero-order chi connectivity index (χ0) is 11.6. The molecule has 0 saturated heterocycles. The fourth-order valence-electron chi connectivity index (χ4n) is 0.929. The van der Waals surface area contributed by atoms with Crippen molar-refractivity contribution >= 4 is 17.3 Å². The Balaban J connectivity index is 3.05. The molecule has 0 fully saturated rings. The maximum atomic E-state index is 13.0. The largest absolute Gasteiger partial charge is 0.573 e. The molecule has 0 aliphatic rings. The molecule has 0 spiro atoms. The molecule has 0 atom stereocenters. The summed E-state index contributed by atoms with van der Waals surface area (Å²) in [5.41, 5.74) is 5.48. The highest BCUT2D eigenvalue weighted by molar-refractivity contribution is 6.17. The van der Waals surface area contributed by atoms with Crippen LogP contribution in [0.2, 0.25) is 0 Å². The molecule has 2 N–H and O–H groups in total. The molecule has 15 heavy (non-hydrogen) atoms. The second-order valence-electron chi connectivity index (χ2n) is 2.66. The molecular formula is C8H6ClF4NO. The van der Waals surface area contributed by atoms with Crippen molar-refractivity contribution in [2.45, 2.75) is 12.2 Å². The van der Waals surface area contributed by atoms with Crippen LogP contribution in [0.3, 0.4) is 0 Å². The van der Waals surface area contributed by atoms with Crippen LogP contribution in [0.4, 0.5) is 23.2 Å². The fourth-order valence-corrected chi connectivity index (χ4v) is 1.16. The summed E-state index contributed by atoms with van der Waals surface area (Å²) in [7, 11) is 0. The van der Waals surface area contributed by atoms with Crippen molar-refractivity contribution in [2.24, 2.45) is 0 Å². The van der Waals surface area contributed by atoms with Crippen molar-refractivity contribution in [2.75, 3.05) is 5.73 Å². The predicted molar refractivity (Wildman–Crippen MR) is 47.1 cm³/mol. The Morgan fingerprint density at radius 1 is 1.33 bits per heavy atom. The molecule has 0 amide bonds. The van der Waals surface area contributed by atoms with Crippen LogP contribution in [-0.4, -0.2) is 6.36 Å². The number of rotatable bonds is 2. The van der Waals surface area contributed by atoms with Crippen LogP contribution >= 0.6 is 11.6 Å². The summed E-state index contributed by atoms with van der Waals surface area (Å²) in [6.45, 7) is 0. The number of nitrogens with two attached hydrogens (primary N) is 1. The van der Waals surface area contributed by atoms with E-state index in [4.69, 9.17) is 17.3 Å². The van der Waals surface area contributed by atoms with Crippen LogP contribution in [0.5, 0.6) is 5.75 Å². The van der Waals surface area contributed by atoms with Gasteiger partial charge in [0.15, 0.2) is 11.6 Å². The Kier molecular flexibility index (Phi) is 3.28. The summed E-state index contributed by atoms with van der Waals surface area (Å²) in [6.07, 6.45) is -4.95. The zero-order valence-corrected chi connectivity index (χ0v) is 7.99. The monoisotopic (exact) mass is 243 g/mol. The molecule has 1 aromatic carbocycles. The maximum Gasteiger partial charge on any atom is 0.573 e. The van der Waals surface area contributed by atoms with Gasteiger partial charge in [0.1, 0.15) is 0 Å². The van der Waals surface area contributed by atoms with Gasteiger partial charge in [-0.2, -0.15) is 0 Å². The molecule has 7 heteroatoms. The van der Waals surface area contributed by atoms with Gasteiger partial charge in [0.2, 0.25) is 0 Å². The van der Waals surface area contributed by atoms with E-state index < -0.39 is 17.9 Å². The molecule has 2 nitrogen and oxygen atoms in total. The van der Waals surface area contributed by atoms with Gasteiger partial charge in [-0.05, 0) is 11.6 Å². The number of anilines is 1. The molecule has 0 aliphatic heterocycles. The van der Waals surface area contributed by atoms with E-state index in [0.29, 0.717) is 0 Å². The van der Waals surface area contributed by atoms with E-state index in [1.54, 1.807) is 0 Å². The summed E-state index contributed by atoms with van der Waals surface area (Å²) in [4.78, 5) is 0. The quantitative estimate of drug-likeness (QED) is 0.492. The number of hydrogen-bond acceptors (Lipinski definition) is 2. The Hall–Kier alpha value is -1.17. The van der Waals surface area contributed by atoms with Gasteiger partial charge in [-0.15, -0.1) is 24.8 Å². The van der Waals surface area contributed by atoms with E-state index in [-0.39, 0.29) is 17.1 Å². The Morgan fingerprint density at radius 3 is 2.40 bits per heavy atom. The SMILES string of the molecule is Nc1cc(OC(F)(F)F)c(F)cc1CCl. The van der Waals surface area contributed by atoms with E-state index in [9.17, 15) is 17.6 Å².